The van der Waals surface area contributed by atoms with Crippen molar-refractivity contribution in [2.45, 2.75) is 44.0 Å². The van der Waals surface area contributed by atoms with Gasteiger partial charge >= 0.3 is 0 Å². The topological polar surface area (TPSA) is 90.0 Å². The van der Waals surface area contributed by atoms with Crippen LogP contribution in [0.5, 0.6) is 0 Å². The first-order chi connectivity index (χ1) is 8.50. The van der Waals surface area contributed by atoms with Crippen molar-refractivity contribution < 1.29 is 8.42 Å². The van der Waals surface area contributed by atoms with Crippen molar-refractivity contribution in [2.24, 2.45) is 5.14 Å². The molecule has 7 heteroatoms. The molecule has 102 valence electrons. The number of piperidine rings is 1. The van der Waals surface area contributed by atoms with Crippen LogP contribution in [0.4, 0.5) is 0 Å². The molecule has 1 aromatic heterocycles. The van der Waals surface area contributed by atoms with Gasteiger partial charge in [0.05, 0.1) is 11.4 Å². The average Bonchev–Trinajstić information content (AvgIpc) is 2.77. The molecular weight excluding hydrogens is 252 g/mol. The number of hydrogen-bond acceptors (Lipinski definition) is 4. The number of hydrogen-bond donors (Lipinski definition) is 2. The third-order valence-corrected chi connectivity index (χ3v) is 4.67. The van der Waals surface area contributed by atoms with Gasteiger partial charge in [-0.1, -0.05) is 6.92 Å². The fourth-order valence-electron chi connectivity index (χ4n) is 2.31. The molecule has 1 saturated heterocycles. The van der Waals surface area contributed by atoms with Crippen LogP contribution in [0.2, 0.25) is 0 Å². The van der Waals surface area contributed by atoms with E-state index in [0.717, 1.165) is 24.9 Å². The van der Waals surface area contributed by atoms with Gasteiger partial charge in [0.1, 0.15) is 0 Å². The van der Waals surface area contributed by atoms with Gasteiger partial charge < -0.3 is 5.32 Å². The summed E-state index contributed by atoms with van der Waals surface area (Å²) in [4.78, 5) is 0. The van der Waals surface area contributed by atoms with Gasteiger partial charge in [0.2, 0.25) is 10.0 Å². The molecule has 2 heterocycles. The lowest BCUT2D eigenvalue weighted by Crippen LogP contribution is -2.43. The van der Waals surface area contributed by atoms with E-state index in [0.29, 0.717) is 13.0 Å². The second-order valence-electron chi connectivity index (χ2n) is 4.79. The number of sulfonamides is 1. The third-order valence-electron chi connectivity index (χ3n) is 3.34. The standard InChI is InChI=1S/C11H20N4O2S/c1-2-5-15-8-9(6-14-15)11-4-3-10(7-13-11)18(12,16)17/h6,8,10-11,13H,2-5,7H2,1H3,(H2,12,16,17). The Morgan fingerprint density at radius 3 is 2.89 bits per heavy atom. The zero-order valence-electron chi connectivity index (χ0n) is 10.5. The van der Waals surface area contributed by atoms with Crippen LogP contribution in [0.15, 0.2) is 12.4 Å². The average molecular weight is 272 g/mol. The summed E-state index contributed by atoms with van der Waals surface area (Å²) in [6.45, 7) is 3.44. The molecule has 2 atom stereocenters. The summed E-state index contributed by atoms with van der Waals surface area (Å²) in [5, 5.41) is 12.2. The zero-order chi connectivity index (χ0) is 13.2. The molecule has 0 saturated carbocycles. The summed E-state index contributed by atoms with van der Waals surface area (Å²) in [6, 6.07) is 0.189. The minimum absolute atomic E-state index is 0.189. The molecule has 1 fully saturated rings. The fraction of sp³-hybridized carbons (Fsp3) is 0.727. The highest BCUT2D eigenvalue weighted by Crippen LogP contribution is 2.24. The van der Waals surface area contributed by atoms with Crippen molar-refractivity contribution in [3.8, 4) is 0 Å². The van der Waals surface area contributed by atoms with Crippen molar-refractivity contribution >= 4 is 10.0 Å². The van der Waals surface area contributed by atoms with Crippen molar-refractivity contribution in [2.75, 3.05) is 6.54 Å². The van der Waals surface area contributed by atoms with E-state index >= 15 is 0 Å². The van der Waals surface area contributed by atoms with E-state index in [1.54, 1.807) is 0 Å². The Balaban J connectivity index is 1.96. The maximum atomic E-state index is 11.2. The molecule has 1 aliphatic heterocycles. The van der Waals surface area contributed by atoms with E-state index in [4.69, 9.17) is 5.14 Å². The molecule has 18 heavy (non-hydrogen) atoms. The Morgan fingerprint density at radius 2 is 2.33 bits per heavy atom. The Morgan fingerprint density at radius 1 is 1.56 bits per heavy atom. The predicted molar refractivity (Wildman–Crippen MR) is 69.4 cm³/mol. The van der Waals surface area contributed by atoms with Crippen molar-refractivity contribution in [3.05, 3.63) is 18.0 Å². The molecule has 0 bridgehead atoms. The Kier molecular flexibility index (Phi) is 4.04. The van der Waals surface area contributed by atoms with Gasteiger partial charge in [-0.3, -0.25) is 4.68 Å². The van der Waals surface area contributed by atoms with Crippen molar-refractivity contribution in [3.63, 3.8) is 0 Å². The number of rotatable bonds is 4. The lowest BCUT2D eigenvalue weighted by atomic mass is 10.00. The summed E-state index contributed by atoms with van der Waals surface area (Å²) in [5.41, 5.74) is 1.12. The number of nitrogens with zero attached hydrogens (tertiary/aromatic N) is 2. The molecule has 2 rings (SSSR count). The second kappa shape index (κ2) is 5.38. The van der Waals surface area contributed by atoms with Gasteiger partial charge in [0.15, 0.2) is 0 Å². The largest absolute Gasteiger partial charge is 0.308 e. The number of nitrogens with two attached hydrogens (primary N) is 1. The highest BCUT2D eigenvalue weighted by molar-refractivity contribution is 7.89. The molecule has 0 radical (unpaired) electrons. The minimum atomic E-state index is -3.42. The van der Waals surface area contributed by atoms with Gasteiger partial charge in [0.25, 0.3) is 0 Å². The van der Waals surface area contributed by atoms with Gasteiger partial charge in [-0.2, -0.15) is 5.10 Å². The summed E-state index contributed by atoms with van der Waals surface area (Å²) in [6.07, 6.45) is 6.31. The van der Waals surface area contributed by atoms with Crippen LogP contribution in [-0.2, 0) is 16.6 Å². The van der Waals surface area contributed by atoms with Crippen LogP contribution in [-0.4, -0.2) is 30.0 Å². The van der Waals surface area contributed by atoms with E-state index < -0.39 is 15.3 Å². The molecular formula is C11H20N4O2S. The SMILES string of the molecule is CCCn1cc(C2CCC(S(N)(=O)=O)CN2)cn1. The maximum Gasteiger partial charge on any atom is 0.213 e. The zero-order valence-corrected chi connectivity index (χ0v) is 11.4. The summed E-state index contributed by atoms with van der Waals surface area (Å²) in [7, 11) is -3.42. The van der Waals surface area contributed by atoms with E-state index in [-0.39, 0.29) is 6.04 Å². The normalized spacial score (nSPS) is 25.2. The quantitative estimate of drug-likeness (QED) is 0.829. The van der Waals surface area contributed by atoms with E-state index in [9.17, 15) is 8.42 Å². The highest BCUT2D eigenvalue weighted by Gasteiger charge is 2.29. The van der Waals surface area contributed by atoms with Crippen LogP contribution in [0, 0.1) is 0 Å². The molecule has 0 aromatic carbocycles. The first-order valence-corrected chi connectivity index (χ1v) is 7.89. The molecule has 1 aliphatic rings. The summed E-state index contributed by atoms with van der Waals surface area (Å²) < 4.78 is 24.4. The van der Waals surface area contributed by atoms with Gasteiger partial charge in [-0.15, -0.1) is 0 Å². The third kappa shape index (κ3) is 3.09. The van der Waals surface area contributed by atoms with E-state index in [1.165, 1.54) is 0 Å². The van der Waals surface area contributed by atoms with Gasteiger partial charge in [-0.05, 0) is 19.3 Å². The molecule has 0 spiro atoms. The van der Waals surface area contributed by atoms with E-state index in [1.807, 2.05) is 17.1 Å². The molecule has 3 N–H and O–H groups in total. The van der Waals surface area contributed by atoms with Crippen molar-refractivity contribution in [1.82, 2.24) is 15.1 Å². The van der Waals surface area contributed by atoms with Crippen molar-refractivity contribution in [1.29, 1.82) is 0 Å². The minimum Gasteiger partial charge on any atom is -0.308 e. The first-order valence-electron chi connectivity index (χ1n) is 6.28. The Bertz CT molecular complexity index is 489. The maximum absolute atomic E-state index is 11.2. The van der Waals surface area contributed by atoms with E-state index in [2.05, 4.69) is 17.3 Å². The number of aromatic nitrogens is 2. The van der Waals surface area contributed by atoms with Gasteiger partial charge in [-0.25, -0.2) is 13.6 Å². The predicted octanol–water partition coefficient (Wildman–Crippen LogP) is 0.375. The second-order valence-corrected chi connectivity index (χ2v) is 6.63. The van der Waals surface area contributed by atoms with Crippen LogP contribution in [0.3, 0.4) is 0 Å². The Hall–Kier alpha value is -0.920. The molecule has 1 aromatic rings. The fourth-order valence-corrected chi connectivity index (χ4v) is 3.10. The summed E-state index contributed by atoms with van der Waals surface area (Å²) in [5.74, 6) is 0. The number of nitrogens with one attached hydrogen (secondary N) is 1. The molecule has 6 nitrogen and oxygen atoms in total. The lowest BCUT2D eigenvalue weighted by molar-refractivity contribution is 0.407. The monoisotopic (exact) mass is 272 g/mol. The first kappa shape index (κ1) is 13.5. The molecule has 0 amide bonds. The van der Waals surface area contributed by atoms with Crippen LogP contribution in [0.25, 0.3) is 0 Å². The highest BCUT2D eigenvalue weighted by atomic mass is 32.2. The Labute approximate surface area is 108 Å². The summed E-state index contributed by atoms with van der Waals surface area (Å²) >= 11 is 0. The smallest absolute Gasteiger partial charge is 0.213 e. The molecule has 0 aliphatic carbocycles. The lowest BCUT2D eigenvalue weighted by Gasteiger charge is -2.27. The number of primary sulfonamides is 1. The van der Waals surface area contributed by atoms with Crippen LogP contribution in [0.1, 0.15) is 37.8 Å². The van der Waals surface area contributed by atoms with Crippen LogP contribution >= 0.6 is 0 Å². The van der Waals surface area contributed by atoms with Crippen LogP contribution < -0.4 is 10.5 Å². The molecule has 2 unspecified atom stereocenters. The van der Waals surface area contributed by atoms with Gasteiger partial charge in [0, 0.05) is 30.9 Å². The number of aryl methyl sites for hydroxylation is 1.